The Balaban J connectivity index is 2.43. The molecule has 1 aromatic carbocycles. The number of benzene rings is 1. The number of rotatable bonds is 3. The van der Waals surface area contributed by atoms with E-state index in [-0.39, 0.29) is 0 Å². The van der Waals surface area contributed by atoms with Crippen molar-refractivity contribution in [1.82, 2.24) is 0 Å². The van der Waals surface area contributed by atoms with Gasteiger partial charge in [0.1, 0.15) is 0 Å². The Hall–Kier alpha value is -0.860. The molecule has 0 bridgehead atoms. The summed E-state index contributed by atoms with van der Waals surface area (Å²) >= 11 is 0. The van der Waals surface area contributed by atoms with Gasteiger partial charge < -0.3 is 0 Å². The summed E-state index contributed by atoms with van der Waals surface area (Å²) in [5, 5.41) is 8.03. The van der Waals surface area contributed by atoms with Crippen LogP contribution in [-0.4, -0.2) is 11.9 Å². The van der Waals surface area contributed by atoms with Gasteiger partial charge in [-0.25, -0.2) is 4.89 Å². The molecule has 0 aliphatic heterocycles. The largest absolute Gasteiger partial charge is 0.252 e. The molecule has 0 amide bonds. The SMILES string of the molecule is OOCCc1ccccc1. The van der Waals surface area contributed by atoms with Gasteiger partial charge >= 0.3 is 0 Å². The summed E-state index contributed by atoms with van der Waals surface area (Å²) in [7, 11) is 0. The van der Waals surface area contributed by atoms with E-state index in [4.69, 9.17) is 5.26 Å². The third-order valence-electron chi connectivity index (χ3n) is 1.32. The monoisotopic (exact) mass is 138 g/mol. The Morgan fingerprint density at radius 1 is 1.20 bits per heavy atom. The van der Waals surface area contributed by atoms with Crippen molar-refractivity contribution in [3.05, 3.63) is 35.9 Å². The molecule has 0 heterocycles. The van der Waals surface area contributed by atoms with Gasteiger partial charge in [0.15, 0.2) is 0 Å². The Kier molecular flexibility index (Phi) is 2.93. The van der Waals surface area contributed by atoms with Gasteiger partial charge in [-0.2, -0.15) is 0 Å². The lowest BCUT2D eigenvalue weighted by atomic mass is 10.2. The molecule has 0 saturated heterocycles. The zero-order valence-electron chi connectivity index (χ0n) is 5.66. The molecule has 54 valence electrons. The zero-order chi connectivity index (χ0) is 7.23. The van der Waals surface area contributed by atoms with Gasteiger partial charge in [0.2, 0.25) is 0 Å². The average Bonchev–Trinajstić information content (AvgIpc) is 2.03. The van der Waals surface area contributed by atoms with Gasteiger partial charge in [0.25, 0.3) is 0 Å². The second kappa shape index (κ2) is 4.04. The molecule has 0 aliphatic rings. The minimum absolute atomic E-state index is 0.365. The lowest BCUT2D eigenvalue weighted by molar-refractivity contribution is -0.241. The smallest absolute Gasteiger partial charge is 0.0860 e. The molecule has 0 unspecified atom stereocenters. The van der Waals surface area contributed by atoms with Crippen molar-refractivity contribution in [2.24, 2.45) is 0 Å². The fraction of sp³-hybridized carbons (Fsp3) is 0.250. The zero-order valence-corrected chi connectivity index (χ0v) is 5.66. The lowest BCUT2D eigenvalue weighted by Gasteiger charge is -1.96. The van der Waals surface area contributed by atoms with Gasteiger partial charge in [-0.15, -0.1) is 0 Å². The Bertz CT molecular complexity index is 172. The summed E-state index contributed by atoms with van der Waals surface area (Å²) in [6, 6.07) is 9.89. The van der Waals surface area contributed by atoms with Crippen molar-refractivity contribution < 1.29 is 10.1 Å². The molecule has 1 rings (SSSR count). The van der Waals surface area contributed by atoms with Crippen molar-refractivity contribution in [1.29, 1.82) is 0 Å². The highest BCUT2D eigenvalue weighted by molar-refractivity contribution is 5.14. The molecule has 0 spiro atoms. The van der Waals surface area contributed by atoms with Crippen LogP contribution in [0, 0.1) is 0 Å². The standard InChI is InChI=1S/C8H10O2/c9-10-7-6-8-4-2-1-3-5-8/h1-5,9H,6-7H2. The maximum atomic E-state index is 8.03. The quantitative estimate of drug-likeness (QED) is 0.509. The van der Waals surface area contributed by atoms with Crippen LogP contribution in [0.15, 0.2) is 30.3 Å². The minimum atomic E-state index is 0.365. The first-order valence-corrected chi connectivity index (χ1v) is 3.24. The second-order valence-electron chi connectivity index (χ2n) is 2.07. The molecule has 0 fully saturated rings. The first-order valence-electron chi connectivity index (χ1n) is 3.24. The third-order valence-corrected chi connectivity index (χ3v) is 1.32. The number of hydrogen-bond acceptors (Lipinski definition) is 2. The molecule has 10 heavy (non-hydrogen) atoms. The van der Waals surface area contributed by atoms with Crippen LogP contribution >= 0.6 is 0 Å². The average molecular weight is 138 g/mol. The Morgan fingerprint density at radius 3 is 2.50 bits per heavy atom. The highest BCUT2D eigenvalue weighted by Gasteiger charge is 1.88. The molecule has 0 aliphatic carbocycles. The third kappa shape index (κ3) is 2.17. The maximum Gasteiger partial charge on any atom is 0.0860 e. The first kappa shape index (κ1) is 7.25. The van der Waals surface area contributed by atoms with E-state index in [0.29, 0.717) is 6.61 Å². The highest BCUT2D eigenvalue weighted by Crippen LogP contribution is 1.98. The van der Waals surface area contributed by atoms with Crippen LogP contribution in [0.5, 0.6) is 0 Å². The summed E-state index contributed by atoms with van der Waals surface area (Å²) in [6.45, 7) is 0.365. The van der Waals surface area contributed by atoms with Crippen molar-refractivity contribution in [2.75, 3.05) is 6.61 Å². The van der Waals surface area contributed by atoms with E-state index in [9.17, 15) is 0 Å². The summed E-state index contributed by atoms with van der Waals surface area (Å²) in [5.74, 6) is 0. The molecule has 0 saturated carbocycles. The topological polar surface area (TPSA) is 29.5 Å². The predicted molar refractivity (Wildman–Crippen MR) is 38.7 cm³/mol. The van der Waals surface area contributed by atoms with E-state index in [1.807, 2.05) is 30.3 Å². The Morgan fingerprint density at radius 2 is 1.90 bits per heavy atom. The van der Waals surface area contributed by atoms with Crippen molar-refractivity contribution in [3.8, 4) is 0 Å². The molecule has 0 aromatic heterocycles. The van der Waals surface area contributed by atoms with Crippen LogP contribution < -0.4 is 0 Å². The van der Waals surface area contributed by atoms with Gasteiger partial charge in [0.05, 0.1) is 6.61 Å². The molecule has 2 nitrogen and oxygen atoms in total. The maximum absolute atomic E-state index is 8.03. The van der Waals surface area contributed by atoms with Gasteiger partial charge in [-0.1, -0.05) is 30.3 Å². The second-order valence-corrected chi connectivity index (χ2v) is 2.07. The Labute approximate surface area is 60.0 Å². The highest BCUT2D eigenvalue weighted by atomic mass is 17.1. The van der Waals surface area contributed by atoms with Gasteiger partial charge in [-0.3, -0.25) is 5.26 Å². The van der Waals surface area contributed by atoms with Gasteiger partial charge in [0, 0.05) is 0 Å². The first-order chi connectivity index (χ1) is 4.93. The molecule has 1 aromatic rings. The summed E-state index contributed by atoms with van der Waals surface area (Å²) in [5.41, 5.74) is 1.18. The van der Waals surface area contributed by atoms with E-state index in [1.54, 1.807) is 0 Å². The summed E-state index contributed by atoms with van der Waals surface area (Å²) < 4.78 is 0. The van der Waals surface area contributed by atoms with E-state index in [1.165, 1.54) is 5.56 Å². The predicted octanol–water partition coefficient (Wildman–Crippen LogP) is 1.72. The van der Waals surface area contributed by atoms with Crippen LogP contribution in [0.4, 0.5) is 0 Å². The van der Waals surface area contributed by atoms with E-state index in [2.05, 4.69) is 4.89 Å². The van der Waals surface area contributed by atoms with Crippen molar-refractivity contribution in [2.45, 2.75) is 6.42 Å². The van der Waals surface area contributed by atoms with Crippen molar-refractivity contribution in [3.63, 3.8) is 0 Å². The fourth-order valence-electron chi connectivity index (χ4n) is 0.808. The summed E-state index contributed by atoms with van der Waals surface area (Å²) in [4.78, 5) is 3.95. The van der Waals surface area contributed by atoms with E-state index >= 15 is 0 Å². The van der Waals surface area contributed by atoms with E-state index < -0.39 is 0 Å². The molecular formula is C8H10O2. The lowest BCUT2D eigenvalue weighted by Crippen LogP contribution is -1.93. The molecular weight excluding hydrogens is 128 g/mol. The van der Waals surface area contributed by atoms with E-state index in [0.717, 1.165) is 6.42 Å². The van der Waals surface area contributed by atoms with Crippen LogP contribution in [-0.2, 0) is 11.3 Å². The van der Waals surface area contributed by atoms with Crippen LogP contribution in [0.2, 0.25) is 0 Å². The minimum Gasteiger partial charge on any atom is -0.252 e. The number of hydrogen-bond donors (Lipinski definition) is 1. The van der Waals surface area contributed by atoms with Crippen LogP contribution in [0.3, 0.4) is 0 Å². The van der Waals surface area contributed by atoms with Crippen LogP contribution in [0.25, 0.3) is 0 Å². The normalized spacial score (nSPS) is 9.70. The van der Waals surface area contributed by atoms with Crippen molar-refractivity contribution >= 4 is 0 Å². The molecule has 1 N–H and O–H groups in total. The fourth-order valence-corrected chi connectivity index (χ4v) is 0.808. The molecule has 0 atom stereocenters. The molecule has 2 heteroatoms. The van der Waals surface area contributed by atoms with Gasteiger partial charge in [-0.05, 0) is 12.0 Å². The van der Waals surface area contributed by atoms with Crippen LogP contribution in [0.1, 0.15) is 5.56 Å². The molecule has 0 radical (unpaired) electrons. The summed E-state index contributed by atoms with van der Waals surface area (Å²) in [6.07, 6.45) is 0.761.